The first kappa shape index (κ1) is 18.6. The average molecular weight is 406 g/mol. The van der Waals surface area contributed by atoms with Gasteiger partial charge in [-0.05, 0) is 50.3 Å². The van der Waals surface area contributed by atoms with Gasteiger partial charge in [0.1, 0.15) is 17.3 Å². The molecule has 0 spiro atoms. The van der Waals surface area contributed by atoms with Crippen LogP contribution in [0.2, 0.25) is 0 Å². The van der Waals surface area contributed by atoms with Crippen LogP contribution in [0, 0.1) is 24.6 Å². The van der Waals surface area contributed by atoms with E-state index in [0.29, 0.717) is 11.5 Å². The Hall–Kier alpha value is -3.44. The summed E-state index contributed by atoms with van der Waals surface area (Å²) in [6, 6.07) is 4.91. The van der Waals surface area contributed by atoms with Gasteiger partial charge in [0.05, 0.1) is 11.3 Å². The lowest BCUT2D eigenvalue weighted by Gasteiger charge is -2.34. The van der Waals surface area contributed by atoms with Crippen molar-refractivity contribution in [1.29, 1.82) is 0 Å². The van der Waals surface area contributed by atoms with Crippen molar-refractivity contribution in [2.75, 3.05) is 0 Å². The Kier molecular flexibility index (Phi) is 3.89. The van der Waals surface area contributed by atoms with Gasteiger partial charge in [-0.25, -0.2) is 9.37 Å². The molecule has 1 aliphatic carbocycles. The summed E-state index contributed by atoms with van der Waals surface area (Å²) in [5.74, 6) is 5.33. The van der Waals surface area contributed by atoms with Gasteiger partial charge in [0.2, 0.25) is 0 Å². The van der Waals surface area contributed by atoms with Gasteiger partial charge in [-0.15, -0.1) is 0 Å². The number of aryl methyl sites for hydroxylation is 1. The number of nitrogens with zero attached hydrogens (tertiary/aromatic N) is 3. The van der Waals surface area contributed by atoms with E-state index in [9.17, 15) is 14.3 Å². The second-order valence-electron chi connectivity index (χ2n) is 8.12. The Bertz CT molecular complexity index is 1260. The van der Waals surface area contributed by atoms with Crippen molar-refractivity contribution in [3.05, 3.63) is 58.5 Å². The van der Waals surface area contributed by atoms with Crippen LogP contribution in [-0.4, -0.2) is 25.7 Å². The largest absolute Gasteiger partial charge is 0.371 e. The first-order chi connectivity index (χ1) is 14.2. The molecule has 2 aromatic heterocycles. The zero-order valence-corrected chi connectivity index (χ0v) is 16.4. The fourth-order valence-corrected chi connectivity index (χ4v) is 4.12. The minimum absolute atomic E-state index is 0.125. The summed E-state index contributed by atoms with van der Waals surface area (Å²) >= 11 is 0. The molecule has 1 atom stereocenters. The number of carbonyl (C=O) groups is 1. The fourth-order valence-electron chi connectivity index (χ4n) is 4.12. The monoisotopic (exact) mass is 406 g/mol. The molecule has 7 nitrogen and oxygen atoms in total. The van der Waals surface area contributed by atoms with E-state index in [2.05, 4.69) is 22.0 Å². The number of nitrogens with two attached hydrogens (primary N) is 1. The SMILES string of the molecule is Cc1cc(C(C)(O)C#Cc2cc3c(cc2F)C2CC(C2)n2cc(C(N)=O)nc2-3)on1. The van der Waals surface area contributed by atoms with Gasteiger partial charge in [-0.2, -0.15) is 0 Å². The smallest absolute Gasteiger partial charge is 0.268 e. The van der Waals surface area contributed by atoms with Crippen molar-refractivity contribution in [3.63, 3.8) is 0 Å². The highest BCUT2D eigenvalue weighted by molar-refractivity contribution is 5.91. The third kappa shape index (κ3) is 2.82. The minimum atomic E-state index is -1.63. The number of benzene rings is 1. The van der Waals surface area contributed by atoms with Crippen LogP contribution in [0.3, 0.4) is 0 Å². The maximum atomic E-state index is 14.9. The molecular weight excluding hydrogens is 387 g/mol. The molecular formula is C22H19FN4O3. The molecule has 3 aliphatic rings. The number of rotatable bonds is 2. The van der Waals surface area contributed by atoms with Crippen LogP contribution < -0.4 is 5.73 Å². The number of imidazole rings is 1. The molecule has 0 radical (unpaired) electrons. The van der Waals surface area contributed by atoms with Crippen LogP contribution >= 0.6 is 0 Å². The lowest BCUT2D eigenvalue weighted by molar-refractivity contribution is 0.0872. The third-order valence-corrected chi connectivity index (χ3v) is 5.86. The van der Waals surface area contributed by atoms with Gasteiger partial charge in [0, 0.05) is 23.9 Å². The predicted octanol–water partition coefficient (Wildman–Crippen LogP) is 2.78. The highest BCUT2D eigenvalue weighted by Gasteiger charge is 2.39. The van der Waals surface area contributed by atoms with Crippen LogP contribution in [0.4, 0.5) is 4.39 Å². The zero-order valence-electron chi connectivity index (χ0n) is 16.4. The minimum Gasteiger partial charge on any atom is -0.371 e. The van der Waals surface area contributed by atoms with Crippen molar-refractivity contribution in [2.45, 2.75) is 44.2 Å². The summed E-state index contributed by atoms with van der Waals surface area (Å²) < 4.78 is 21.9. The maximum Gasteiger partial charge on any atom is 0.268 e. The van der Waals surface area contributed by atoms with Gasteiger partial charge in [-0.3, -0.25) is 4.79 Å². The van der Waals surface area contributed by atoms with Crippen LogP contribution in [0.15, 0.2) is 28.9 Å². The molecule has 152 valence electrons. The van der Waals surface area contributed by atoms with Crippen LogP contribution in [0.5, 0.6) is 0 Å². The van der Waals surface area contributed by atoms with Gasteiger partial charge in [0.15, 0.2) is 11.4 Å². The van der Waals surface area contributed by atoms with E-state index in [1.165, 1.54) is 13.0 Å². The molecule has 2 bridgehead atoms. The van der Waals surface area contributed by atoms with Crippen molar-refractivity contribution in [2.24, 2.45) is 5.73 Å². The van der Waals surface area contributed by atoms with Gasteiger partial charge in [-0.1, -0.05) is 17.0 Å². The number of aliphatic hydroxyl groups is 1. The average Bonchev–Trinajstić information content (AvgIpc) is 3.23. The molecule has 1 amide bonds. The molecule has 4 heterocycles. The van der Waals surface area contributed by atoms with Crippen molar-refractivity contribution < 1.29 is 18.8 Å². The normalized spacial score (nSPS) is 20.7. The highest BCUT2D eigenvalue weighted by atomic mass is 19.1. The number of amides is 1. The summed E-state index contributed by atoms with van der Waals surface area (Å²) in [6.07, 6.45) is 3.39. The molecule has 2 aliphatic heterocycles. The van der Waals surface area contributed by atoms with E-state index in [1.54, 1.807) is 25.3 Å². The second kappa shape index (κ2) is 6.28. The Morgan fingerprint density at radius 2 is 2.17 bits per heavy atom. The second-order valence-corrected chi connectivity index (χ2v) is 8.12. The molecule has 0 saturated heterocycles. The zero-order chi connectivity index (χ0) is 21.2. The van der Waals surface area contributed by atoms with Crippen LogP contribution in [0.25, 0.3) is 11.4 Å². The van der Waals surface area contributed by atoms with Crippen LogP contribution in [0.1, 0.15) is 64.8 Å². The van der Waals surface area contributed by atoms with Crippen molar-refractivity contribution in [3.8, 4) is 23.2 Å². The summed E-state index contributed by atoms with van der Waals surface area (Å²) in [6.45, 7) is 3.19. The summed E-state index contributed by atoms with van der Waals surface area (Å²) in [7, 11) is 0. The molecule has 3 aromatic rings. The lowest BCUT2D eigenvalue weighted by Crippen LogP contribution is -2.22. The van der Waals surface area contributed by atoms with Crippen molar-refractivity contribution in [1.82, 2.24) is 14.7 Å². The van der Waals surface area contributed by atoms with E-state index in [0.717, 1.165) is 24.0 Å². The van der Waals surface area contributed by atoms with E-state index in [-0.39, 0.29) is 29.0 Å². The predicted molar refractivity (Wildman–Crippen MR) is 105 cm³/mol. The van der Waals surface area contributed by atoms with E-state index in [4.69, 9.17) is 10.3 Å². The van der Waals surface area contributed by atoms with Crippen LogP contribution in [-0.2, 0) is 5.60 Å². The first-order valence-corrected chi connectivity index (χ1v) is 9.65. The number of halogens is 1. The molecule has 1 fully saturated rings. The Morgan fingerprint density at radius 1 is 1.40 bits per heavy atom. The number of hydrogen-bond acceptors (Lipinski definition) is 5. The molecule has 3 N–H and O–H groups in total. The topological polar surface area (TPSA) is 107 Å². The van der Waals surface area contributed by atoms with Gasteiger partial charge < -0.3 is 19.9 Å². The highest BCUT2D eigenvalue weighted by Crippen LogP contribution is 2.52. The van der Waals surface area contributed by atoms with E-state index in [1.807, 2.05) is 4.57 Å². The third-order valence-electron chi connectivity index (χ3n) is 5.86. The van der Waals surface area contributed by atoms with Gasteiger partial charge >= 0.3 is 0 Å². The Labute approximate surface area is 171 Å². The van der Waals surface area contributed by atoms with E-state index < -0.39 is 17.3 Å². The summed E-state index contributed by atoms with van der Waals surface area (Å²) in [5.41, 5.74) is 6.29. The lowest BCUT2D eigenvalue weighted by atomic mass is 9.75. The number of primary amides is 1. The Balaban J connectivity index is 1.61. The summed E-state index contributed by atoms with van der Waals surface area (Å²) in [5, 5.41) is 14.4. The molecule has 1 unspecified atom stereocenters. The Morgan fingerprint density at radius 3 is 2.83 bits per heavy atom. The molecule has 30 heavy (non-hydrogen) atoms. The number of carbonyl (C=O) groups excluding carboxylic acids is 1. The quantitative estimate of drug-likeness (QED) is 0.637. The first-order valence-electron chi connectivity index (χ1n) is 9.65. The van der Waals surface area contributed by atoms with Crippen molar-refractivity contribution >= 4 is 5.91 Å². The molecule has 6 rings (SSSR count). The molecule has 1 aromatic carbocycles. The summed E-state index contributed by atoms with van der Waals surface area (Å²) in [4.78, 5) is 16.0. The fraction of sp³-hybridized carbons (Fsp3) is 0.318. The molecule has 1 saturated carbocycles. The standard InChI is InChI=1S/C22H19FN4O3/c1-11-5-19(30-26-11)22(2,29)4-3-12-8-16-15(9-17(12)23)13-6-14(7-13)27-10-18(20(24)28)25-21(16)27/h5,8-10,13-14,29H,6-7H2,1-2H3,(H2,24,28). The van der Waals surface area contributed by atoms with Gasteiger partial charge in [0.25, 0.3) is 5.91 Å². The maximum absolute atomic E-state index is 14.9. The molecule has 8 heteroatoms. The number of aromatic nitrogens is 3. The van der Waals surface area contributed by atoms with E-state index >= 15 is 0 Å². The number of hydrogen-bond donors (Lipinski definition) is 2.